The number of fused-ring (bicyclic) bond motifs is 3. The Morgan fingerprint density at radius 1 is 1.09 bits per heavy atom. The third kappa shape index (κ3) is 4.78. The van der Waals surface area contributed by atoms with E-state index in [0.29, 0.717) is 6.42 Å². The number of oxazole rings is 1. The van der Waals surface area contributed by atoms with Crippen LogP contribution in [0.15, 0.2) is 59.3 Å². The van der Waals surface area contributed by atoms with Crippen molar-refractivity contribution in [1.29, 1.82) is 0 Å². The van der Waals surface area contributed by atoms with Crippen molar-refractivity contribution in [2.45, 2.75) is 38.3 Å². The maximum absolute atomic E-state index is 12.5. The van der Waals surface area contributed by atoms with Gasteiger partial charge in [0.25, 0.3) is 5.91 Å². The van der Waals surface area contributed by atoms with Crippen LogP contribution in [-0.2, 0) is 16.1 Å². The van der Waals surface area contributed by atoms with Gasteiger partial charge in [-0.2, -0.15) is 0 Å². The highest BCUT2D eigenvalue weighted by Gasteiger charge is 2.29. The lowest BCUT2D eigenvalue weighted by Gasteiger charge is -2.14. The van der Waals surface area contributed by atoms with E-state index in [-0.39, 0.29) is 36.9 Å². The van der Waals surface area contributed by atoms with Gasteiger partial charge in [-0.15, -0.1) is 0 Å². The Morgan fingerprint density at radius 3 is 2.35 bits per heavy atom. The number of benzene rings is 2. The van der Waals surface area contributed by atoms with Gasteiger partial charge in [0.05, 0.1) is 6.54 Å². The smallest absolute Gasteiger partial charge is 0.407 e. The quantitative estimate of drug-likeness (QED) is 0.441. The van der Waals surface area contributed by atoms with Gasteiger partial charge in [0.2, 0.25) is 0 Å². The van der Waals surface area contributed by atoms with Crippen LogP contribution < -0.4 is 10.6 Å². The summed E-state index contributed by atoms with van der Waals surface area (Å²) < 4.78 is 10.7. The molecule has 1 aliphatic carbocycles. The van der Waals surface area contributed by atoms with Crippen molar-refractivity contribution in [3.05, 3.63) is 77.5 Å². The molecule has 9 nitrogen and oxygen atoms in total. The summed E-state index contributed by atoms with van der Waals surface area (Å²) in [6.45, 7) is 1.84. The molecule has 1 aromatic heterocycles. The molecule has 0 aliphatic heterocycles. The van der Waals surface area contributed by atoms with Crippen molar-refractivity contribution in [3.8, 4) is 11.1 Å². The molecule has 4 rings (SSSR count). The van der Waals surface area contributed by atoms with E-state index in [9.17, 15) is 19.5 Å². The first-order valence-electron chi connectivity index (χ1n) is 11.0. The van der Waals surface area contributed by atoms with Gasteiger partial charge in [-0.05, 0) is 28.7 Å². The summed E-state index contributed by atoms with van der Waals surface area (Å²) >= 11 is 0. The van der Waals surface area contributed by atoms with E-state index in [4.69, 9.17) is 9.15 Å². The number of nitrogens with zero attached hydrogens (tertiary/aromatic N) is 1. The van der Waals surface area contributed by atoms with Crippen molar-refractivity contribution in [2.24, 2.45) is 0 Å². The molecule has 0 spiro atoms. The Balaban J connectivity index is 1.35. The van der Waals surface area contributed by atoms with Crippen LogP contribution in [-0.4, -0.2) is 40.7 Å². The maximum Gasteiger partial charge on any atom is 0.407 e. The SMILES string of the molecule is CCC[C@H](NC(=O)c1ncoc1CNC(=O)OCC1c2ccccc2-c2ccccc21)C(=O)O. The first-order chi connectivity index (χ1) is 16.5. The molecule has 0 radical (unpaired) electrons. The predicted molar refractivity (Wildman–Crippen MR) is 122 cm³/mol. The Labute approximate surface area is 196 Å². The van der Waals surface area contributed by atoms with E-state index in [2.05, 4.69) is 27.8 Å². The summed E-state index contributed by atoms with van der Waals surface area (Å²) in [5.74, 6) is -1.78. The lowest BCUT2D eigenvalue weighted by Crippen LogP contribution is -2.41. The normalized spacial score (nSPS) is 13.0. The molecule has 0 unspecified atom stereocenters. The van der Waals surface area contributed by atoms with Crippen LogP contribution in [0.3, 0.4) is 0 Å². The molecular weight excluding hydrogens is 438 g/mol. The molecule has 0 bridgehead atoms. The van der Waals surface area contributed by atoms with Crippen LogP contribution in [0.25, 0.3) is 11.1 Å². The van der Waals surface area contributed by atoms with Crippen molar-refractivity contribution in [1.82, 2.24) is 15.6 Å². The fourth-order valence-electron chi connectivity index (χ4n) is 4.16. The summed E-state index contributed by atoms with van der Waals surface area (Å²) in [6.07, 6.45) is 1.27. The van der Waals surface area contributed by atoms with Gasteiger partial charge in [0.15, 0.2) is 17.8 Å². The van der Waals surface area contributed by atoms with Gasteiger partial charge in [-0.1, -0.05) is 61.9 Å². The molecule has 3 aromatic rings. The van der Waals surface area contributed by atoms with Crippen molar-refractivity contribution in [3.63, 3.8) is 0 Å². The third-order valence-electron chi connectivity index (χ3n) is 5.77. The fourth-order valence-corrected chi connectivity index (χ4v) is 4.16. The van der Waals surface area contributed by atoms with E-state index >= 15 is 0 Å². The van der Waals surface area contributed by atoms with Crippen LogP contribution in [0.2, 0.25) is 0 Å². The average molecular weight is 463 g/mol. The van der Waals surface area contributed by atoms with Gasteiger partial charge in [-0.3, -0.25) is 4.79 Å². The minimum absolute atomic E-state index is 0.0729. The highest BCUT2D eigenvalue weighted by molar-refractivity contribution is 5.95. The van der Waals surface area contributed by atoms with Gasteiger partial charge >= 0.3 is 12.1 Å². The summed E-state index contributed by atoms with van der Waals surface area (Å²) in [5, 5.41) is 14.2. The molecule has 9 heteroatoms. The maximum atomic E-state index is 12.5. The van der Waals surface area contributed by atoms with Gasteiger partial charge in [0.1, 0.15) is 12.6 Å². The van der Waals surface area contributed by atoms with Gasteiger partial charge in [0, 0.05) is 5.92 Å². The number of aromatic nitrogens is 1. The Kier molecular flexibility index (Phi) is 6.91. The van der Waals surface area contributed by atoms with E-state index in [0.717, 1.165) is 28.6 Å². The number of carbonyl (C=O) groups excluding carboxylic acids is 2. The number of hydrogen-bond acceptors (Lipinski definition) is 6. The Hall–Kier alpha value is -4.14. The lowest BCUT2D eigenvalue weighted by atomic mass is 9.98. The predicted octanol–water partition coefficient (Wildman–Crippen LogP) is 3.70. The molecule has 1 atom stereocenters. The first-order valence-corrected chi connectivity index (χ1v) is 11.0. The zero-order chi connectivity index (χ0) is 24.1. The number of amides is 2. The summed E-state index contributed by atoms with van der Waals surface area (Å²) in [6, 6.07) is 15.0. The van der Waals surface area contributed by atoms with Crippen molar-refractivity contribution in [2.75, 3.05) is 6.61 Å². The van der Waals surface area contributed by atoms with Crippen molar-refractivity contribution < 1.29 is 28.6 Å². The molecule has 0 saturated heterocycles. The Bertz CT molecular complexity index is 1160. The molecule has 2 amide bonds. The van der Waals surface area contributed by atoms with Gasteiger partial charge < -0.3 is 24.9 Å². The number of nitrogens with one attached hydrogen (secondary N) is 2. The van der Waals surface area contributed by atoms with E-state index < -0.39 is 24.0 Å². The number of carboxylic acid groups (broad SMARTS) is 1. The summed E-state index contributed by atoms with van der Waals surface area (Å²) in [7, 11) is 0. The molecule has 1 heterocycles. The molecule has 1 aliphatic rings. The zero-order valence-electron chi connectivity index (χ0n) is 18.6. The second-order valence-electron chi connectivity index (χ2n) is 7.96. The van der Waals surface area contributed by atoms with Crippen molar-refractivity contribution >= 4 is 18.0 Å². The molecule has 34 heavy (non-hydrogen) atoms. The average Bonchev–Trinajstić information content (AvgIpc) is 3.44. The van der Waals surface area contributed by atoms with Crippen LogP contribution in [0.5, 0.6) is 0 Å². The number of alkyl carbamates (subject to hydrolysis) is 1. The summed E-state index contributed by atoms with van der Waals surface area (Å²) in [4.78, 5) is 40.0. The fraction of sp³-hybridized carbons (Fsp3) is 0.280. The minimum atomic E-state index is -1.13. The topological polar surface area (TPSA) is 131 Å². The third-order valence-corrected chi connectivity index (χ3v) is 5.77. The highest BCUT2D eigenvalue weighted by Crippen LogP contribution is 2.44. The van der Waals surface area contributed by atoms with Gasteiger partial charge in [-0.25, -0.2) is 14.6 Å². The molecule has 0 saturated carbocycles. The molecule has 2 aromatic carbocycles. The number of hydrogen-bond donors (Lipinski definition) is 3. The number of aliphatic carboxylic acids is 1. The van der Waals surface area contributed by atoms with E-state index in [1.807, 2.05) is 43.3 Å². The number of carboxylic acids is 1. The van der Waals surface area contributed by atoms with Crippen LogP contribution >= 0.6 is 0 Å². The molecule has 0 fully saturated rings. The Morgan fingerprint density at radius 2 is 1.74 bits per heavy atom. The van der Waals surface area contributed by atoms with E-state index in [1.165, 1.54) is 0 Å². The van der Waals surface area contributed by atoms with Crippen LogP contribution in [0.4, 0.5) is 4.79 Å². The molecule has 3 N–H and O–H groups in total. The molecule has 176 valence electrons. The van der Waals surface area contributed by atoms with Crippen LogP contribution in [0, 0.1) is 0 Å². The number of carbonyl (C=O) groups is 3. The monoisotopic (exact) mass is 463 g/mol. The largest absolute Gasteiger partial charge is 0.480 e. The second-order valence-corrected chi connectivity index (χ2v) is 7.96. The van der Waals surface area contributed by atoms with E-state index in [1.54, 1.807) is 0 Å². The molecular formula is C25H25N3O6. The number of rotatable bonds is 9. The zero-order valence-corrected chi connectivity index (χ0v) is 18.6. The second kappa shape index (κ2) is 10.2. The lowest BCUT2D eigenvalue weighted by molar-refractivity contribution is -0.139. The number of ether oxygens (including phenoxy) is 1. The summed E-state index contributed by atoms with van der Waals surface area (Å²) in [5.41, 5.74) is 4.39. The van der Waals surface area contributed by atoms with Crippen LogP contribution in [0.1, 0.15) is 53.1 Å². The minimum Gasteiger partial charge on any atom is -0.480 e. The first kappa shape index (κ1) is 23.0. The standard InChI is InChI=1S/C25H25N3O6/c1-2-7-20(24(30)31)28-23(29)22-21(34-14-27-22)12-26-25(32)33-13-19-17-10-5-3-8-15(17)16-9-4-6-11-18(16)19/h3-6,8-11,14,19-20H,2,7,12-13H2,1H3,(H,26,32)(H,28,29)(H,30,31)/t20-/m0/s1. The highest BCUT2D eigenvalue weighted by atomic mass is 16.5.